The standard InChI is InChI=1S/C14H21FN2/c1-11-2-4-12(5-3-11)6-8-16-13-7-9-17-14(15)10-13/h7,9-12H,2-6,8H2,1H3,(H,16,17). The van der Waals surface area contributed by atoms with Crippen LogP contribution in [0.1, 0.15) is 39.0 Å². The maximum Gasteiger partial charge on any atom is 0.214 e. The third kappa shape index (κ3) is 3.99. The molecule has 1 aromatic rings. The van der Waals surface area contributed by atoms with Gasteiger partial charge in [-0.05, 0) is 24.3 Å². The van der Waals surface area contributed by atoms with Gasteiger partial charge in [0.25, 0.3) is 0 Å². The lowest BCUT2D eigenvalue weighted by Gasteiger charge is -2.26. The summed E-state index contributed by atoms with van der Waals surface area (Å²) in [6.45, 7) is 3.27. The zero-order valence-corrected chi connectivity index (χ0v) is 10.5. The van der Waals surface area contributed by atoms with E-state index in [0.29, 0.717) is 0 Å². The molecule has 0 aliphatic heterocycles. The highest BCUT2D eigenvalue weighted by Gasteiger charge is 2.17. The van der Waals surface area contributed by atoms with Gasteiger partial charge >= 0.3 is 0 Å². The zero-order chi connectivity index (χ0) is 12.1. The van der Waals surface area contributed by atoms with Gasteiger partial charge in [-0.15, -0.1) is 0 Å². The summed E-state index contributed by atoms with van der Waals surface area (Å²) >= 11 is 0. The monoisotopic (exact) mass is 236 g/mol. The molecule has 0 atom stereocenters. The van der Waals surface area contributed by atoms with Crippen LogP contribution in [0.3, 0.4) is 0 Å². The van der Waals surface area contributed by atoms with E-state index < -0.39 is 5.95 Å². The van der Waals surface area contributed by atoms with E-state index >= 15 is 0 Å². The van der Waals surface area contributed by atoms with Crippen LogP contribution in [-0.2, 0) is 0 Å². The van der Waals surface area contributed by atoms with Crippen molar-refractivity contribution in [3.63, 3.8) is 0 Å². The predicted molar refractivity (Wildman–Crippen MR) is 68.4 cm³/mol. The largest absolute Gasteiger partial charge is 0.385 e. The van der Waals surface area contributed by atoms with Crippen molar-refractivity contribution in [2.75, 3.05) is 11.9 Å². The molecule has 1 N–H and O–H groups in total. The number of hydrogen-bond acceptors (Lipinski definition) is 2. The van der Waals surface area contributed by atoms with Crippen LogP contribution in [0.5, 0.6) is 0 Å². The van der Waals surface area contributed by atoms with Gasteiger partial charge in [-0.25, -0.2) is 4.98 Å². The second-order valence-electron chi connectivity index (χ2n) is 5.21. The van der Waals surface area contributed by atoms with Gasteiger partial charge in [-0.2, -0.15) is 4.39 Å². The molecule has 0 aromatic carbocycles. The maximum atomic E-state index is 12.8. The first-order valence-electron chi connectivity index (χ1n) is 6.59. The minimum absolute atomic E-state index is 0.415. The van der Waals surface area contributed by atoms with E-state index in [2.05, 4.69) is 17.2 Å². The van der Waals surface area contributed by atoms with Crippen LogP contribution in [0.15, 0.2) is 18.3 Å². The molecule has 0 radical (unpaired) electrons. The Morgan fingerprint density at radius 3 is 2.82 bits per heavy atom. The molecule has 1 heterocycles. The summed E-state index contributed by atoms with van der Waals surface area (Å²) in [5, 5.41) is 3.26. The van der Waals surface area contributed by atoms with Crippen LogP contribution >= 0.6 is 0 Å². The molecule has 1 aliphatic rings. The fraction of sp³-hybridized carbons (Fsp3) is 0.643. The van der Waals surface area contributed by atoms with Crippen molar-refractivity contribution in [3.8, 4) is 0 Å². The highest BCUT2D eigenvalue weighted by molar-refractivity contribution is 5.40. The summed E-state index contributed by atoms with van der Waals surface area (Å²) in [5.74, 6) is 1.35. The van der Waals surface area contributed by atoms with Crippen molar-refractivity contribution in [3.05, 3.63) is 24.3 Å². The van der Waals surface area contributed by atoms with Crippen LogP contribution in [-0.4, -0.2) is 11.5 Å². The quantitative estimate of drug-likeness (QED) is 0.803. The molecular weight excluding hydrogens is 215 g/mol. The first kappa shape index (κ1) is 12.3. The Kier molecular flexibility index (Phi) is 4.35. The van der Waals surface area contributed by atoms with Crippen molar-refractivity contribution in [2.45, 2.75) is 39.0 Å². The molecule has 0 amide bonds. The van der Waals surface area contributed by atoms with Crippen LogP contribution < -0.4 is 5.32 Å². The molecule has 1 aliphatic carbocycles. The van der Waals surface area contributed by atoms with E-state index in [0.717, 1.165) is 24.1 Å². The zero-order valence-electron chi connectivity index (χ0n) is 10.5. The van der Waals surface area contributed by atoms with Crippen molar-refractivity contribution < 1.29 is 4.39 Å². The van der Waals surface area contributed by atoms with E-state index in [1.54, 1.807) is 0 Å². The average molecular weight is 236 g/mol. The fourth-order valence-corrected chi connectivity index (χ4v) is 2.55. The summed E-state index contributed by atoms with van der Waals surface area (Å²) in [4.78, 5) is 3.54. The number of nitrogens with one attached hydrogen (secondary N) is 1. The molecule has 17 heavy (non-hydrogen) atoms. The third-order valence-corrected chi connectivity index (χ3v) is 3.74. The number of anilines is 1. The second-order valence-corrected chi connectivity index (χ2v) is 5.21. The molecule has 2 nitrogen and oxygen atoms in total. The molecule has 1 aromatic heterocycles. The first-order valence-corrected chi connectivity index (χ1v) is 6.59. The topological polar surface area (TPSA) is 24.9 Å². The number of nitrogens with zero attached hydrogens (tertiary/aromatic N) is 1. The summed E-state index contributed by atoms with van der Waals surface area (Å²) in [6, 6.07) is 3.26. The van der Waals surface area contributed by atoms with Crippen LogP contribution in [0.25, 0.3) is 0 Å². The van der Waals surface area contributed by atoms with E-state index in [4.69, 9.17) is 0 Å². The van der Waals surface area contributed by atoms with Gasteiger partial charge in [0, 0.05) is 24.5 Å². The Bertz CT molecular complexity index is 346. The number of pyridine rings is 1. The van der Waals surface area contributed by atoms with Crippen molar-refractivity contribution in [1.82, 2.24) is 4.98 Å². The van der Waals surface area contributed by atoms with Gasteiger partial charge in [0.2, 0.25) is 5.95 Å². The Morgan fingerprint density at radius 2 is 2.12 bits per heavy atom. The lowest BCUT2D eigenvalue weighted by atomic mass is 9.81. The molecule has 2 rings (SSSR count). The second kappa shape index (κ2) is 5.99. The van der Waals surface area contributed by atoms with Crippen molar-refractivity contribution in [2.24, 2.45) is 11.8 Å². The van der Waals surface area contributed by atoms with Crippen LogP contribution in [0.2, 0.25) is 0 Å². The highest BCUT2D eigenvalue weighted by Crippen LogP contribution is 2.30. The molecule has 1 saturated carbocycles. The van der Waals surface area contributed by atoms with E-state index in [1.165, 1.54) is 44.4 Å². The number of hydrogen-bond donors (Lipinski definition) is 1. The minimum Gasteiger partial charge on any atom is -0.385 e. The van der Waals surface area contributed by atoms with E-state index in [9.17, 15) is 4.39 Å². The first-order chi connectivity index (χ1) is 8.24. The summed E-state index contributed by atoms with van der Waals surface area (Å²) in [5.41, 5.74) is 0.835. The van der Waals surface area contributed by atoms with Gasteiger partial charge in [-0.1, -0.05) is 32.6 Å². The highest BCUT2D eigenvalue weighted by atomic mass is 19.1. The molecule has 0 spiro atoms. The van der Waals surface area contributed by atoms with Gasteiger partial charge in [0.15, 0.2) is 0 Å². The summed E-state index contributed by atoms with van der Waals surface area (Å²) in [7, 11) is 0. The third-order valence-electron chi connectivity index (χ3n) is 3.74. The number of halogens is 1. The Hall–Kier alpha value is -1.12. The molecule has 0 bridgehead atoms. The Balaban J connectivity index is 1.69. The average Bonchev–Trinajstić information content (AvgIpc) is 2.32. The SMILES string of the molecule is CC1CCC(CCNc2ccnc(F)c2)CC1. The smallest absolute Gasteiger partial charge is 0.214 e. The molecule has 0 unspecified atom stereocenters. The lowest BCUT2D eigenvalue weighted by Crippen LogP contribution is -2.15. The Labute approximate surface area is 103 Å². The lowest BCUT2D eigenvalue weighted by molar-refractivity contribution is 0.282. The summed E-state index contributed by atoms with van der Waals surface area (Å²) < 4.78 is 12.8. The molecular formula is C14H21FN2. The molecule has 1 fully saturated rings. The number of rotatable bonds is 4. The van der Waals surface area contributed by atoms with E-state index in [1.807, 2.05) is 6.07 Å². The van der Waals surface area contributed by atoms with Gasteiger partial charge < -0.3 is 5.32 Å². The molecule has 0 saturated heterocycles. The minimum atomic E-state index is -0.415. The number of aromatic nitrogens is 1. The van der Waals surface area contributed by atoms with Crippen molar-refractivity contribution in [1.29, 1.82) is 0 Å². The van der Waals surface area contributed by atoms with Crippen molar-refractivity contribution >= 4 is 5.69 Å². The summed E-state index contributed by atoms with van der Waals surface area (Å²) in [6.07, 6.45) is 8.14. The van der Waals surface area contributed by atoms with Gasteiger partial charge in [0.05, 0.1) is 0 Å². The normalized spacial score (nSPS) is 24.6. The van der Waals surface area contributed by atoms with Gasteiger partial charge in [-0.3, -0.25) is 0 Å². The Morgan fingerprint density at radius 1 is 1.35 bits per heavy atom. The van der Waals surface area contributed by atoms with Crippen LogP contribution in [0, 0.1) is 17.8 Å². The molecule has 3 heteroatoms. The predicted octanol–water partition coefficient (Wildman–Crippen LogP) is 3.85. The molecule has 94 valence electrons. The fourth-order valence-electron chi connectivity index (χ4n) is 2.55. The van der Waals surface area contributed by atoms with Gasteiger partial charge in [0.1, 0.15) is 0 Å². The van der Waals surface area contributed by atoms with E-state index in [-0.39, 0.29) is 0 Å². The maximum absolute atomic E-state index is 12.8. The van der Waals surface area contributed by atoms with Crippen LogP contribution in [0.4, 0.5) is 10.1 Å².